The molecule has 10 heteroatoms. The third kappa shape index (κ3) is 13.1. The average molecular weight is 577 g/mol. The molecule has 1 amide bonds. The molecule has 0 saturated carbocycles. The van der Waals surface area contributed by atoms with Crippen LogP contribution in [0.5, 0.6) is 0 Å². The molecule has 2 rings (SSSR count). The standard InChI is InChI=1S/C30H45N2O7P/c1-4-38-40(35,39-5-2)24-23-32(30(34)37-25-27-17-10-7-11-18-27)22-13-12-20-28(29(33)36-3)31-21-14-19-26-15-8-6-9-16-26/h6-11,15-18,28,31H,4-5,12-14,19-25H2,1-3H3. The maximum atomic E-state index is 13.0. The highest BCUT2D eigenvalue weighted by Gasteiger charge is 2.27. The van der Waals surface area contributed by atoms with Crippen molar-refractivity contribution in [1.29, 1.82) is 0 Å². The smallest absolute Gasteiger partial charge is 0.410 e. The maximum Gasteiger partial charge on any atom is 0.410 e. The van der Waals surface area contributed by atoms with Gasteiger partial charge in [0.2, 0.25) is 0 Å². The summed E-state index contributed by atoms with van der Waals surface area (Å²) >= 11 is 0. The van der Waals surface area contributed by atoms with Crippen LogP contribution >= 0.6 is 7.60 Å². The first-order valence-electron chi connectivity index (χ1n) is 14.1. The zero-order valence-electron chi connectivity index (χ0n) is 24.1. The van der Waals surface area contributed by atoms with Crippen molar-refractivity contribution in [2.75, 3.05) is 46.1 Å². The number of esters is 1. The Balaban J connectivity index is 1.89. The number of rotatable bonds is 20. The van der Waals surface area contributed by atoms with Gasteiger partial charge in [0.15, 0.2) is 0 Å². The van der Waals surface area contributed by atoms with Crippen LogP contribution in [0.2, 0.25) is 0 Å². The third-order valence-electron chi connectivity index (χ3n) is 6.29. The van der Waals surface area contributed by atoms with Gasteiger partial charge < -0.3 is 28.7 Å². The molecule has 0 saturated heterocycles. The number of methoxy groups -OCH3 is 1. The Hall–Kier alpha value is -2.71. The van der Waals surface area contributed by atoms with E-state index < -0.39 is 19.7 Å². The van der Waals surface area contributed by atoms with E-state index in [1.807, 2.05) is 48.5 Å². The highest BCUT2D eigenvalue weighted by Crippen LogP contribution is 2.47. The summed E-state index contributed by atoms with van der Waals surface area (Å²) in [5.41, 5.74) is 2.14. The molecule has 1 unspecified atom stereocenters. The Labute approximate surface area is 239 Å². The molecule has 0 radical (unpaired) electrons. The van der Waals surface area contributed by atoms with Crippen molar-refractivity contribution < 1.29 is 32.7 Å². The number of hydrogen-bond donors (Lipinski definition) is 1. The van der Waals surface area contributed by atoms with Gasteiger partial charge in [-0.15, -0.1) is 0 Å². The number of nitrogens with one attached hydrogen (secondary N) is 1. The van der Waals surface area contributed by atoms with E-state index in [0.717, 1.165) is 18.4 Å². The summed E-state index contributed by atoms with van der Waals surface area (Å²) in [6, 6.07) is 19.2. The Morgan fingerprint density at radius 3 is 2.10 bits per heavy atom. The fourth-order valence-electron chi connectivity index (χ4n) is 4.22. The van der Waals surface area contributed by atoms with Crippen LogP contribution in [0.25, 0.3) is 0 Å². The summed E-state index contributed by atoms with van der Waals surface area (Å²) < 4.78 is 34.3. The monoisotopic (exact) mass is 576 g/mol. The van der Waals surface area contributed by atoms with E-state index in [2.05, 4.69) is 17.4 Å². The van der Waals surface area contributed by atoms with Crippen LogP contribution in [0.4, 0.5) is 4.79 Å². The van der Waals surface area contributed by atoms with Gasteiger partial charge in [-0.2, -0.15) is 0 Å². The molecule has 0 aliphatic rings. The number of hydrogen-bond acceptors (Lipinski definition) is 8. The molecule has 1 N–H and O–H groups in total. The number of unbranched alkanes of at least 4 members (excludes halogenated alkanes) is 1. The fraction of sp³-hybridized carbons (Fsp3) is 0.533. The van der Waals surface area contributed by atoms with E-state index in [1.165, 1.54) is 17.6 Å². The molecule has 1 atom stereocenters. The van der Waals surface area contributed by atoms with Gasteiger partial charge >= 0.3 is 19.7 Å². The van der Waals surface area contributed by atoms with Crippen LogP contribution in [0.3, 0.4) is 0 Å². The van der Waals surface area contributed by atoms with Gasteiger partial charge in [-0.05, 0) is 63.6 Å². The lowest BCUT2D eigenvalue weighted by Gasteiger charge is -2.25. The number of ether oxygens (including phenoxy) is 2. The van der Waals surface area contributed by atoms with Crippen molar-refractivity contribution >= 4 is 19.7 Å². The van der Waals surface area contributed by atoms with Gasteiger partial charge in [0.05, 0.1) is 26.5 Å². The minimum Gasteiger partial charge on any atom is -0.468 e. The van der Waals surface area contributed by atoms with E-state index in [1.54, 1.807) is 13.8 Å². The molecule has 0 heterocycles. The van der Waals surface area contributed by atoms with Crippen LogP contribution < -0.4 is 5.32 Å². The molecule has 0 spiro atoms. The average Bonchev–Trinajstić information content (AvgIpc) is 2.97. The summed E-state index contributed by atoms with van der Waals surface area (Å²) in [4.78, 5) is 26.8. The Bertz CT molecular complexity index is 1010. The Morgan fingerprint density at radius 1 is 0.875 bits per heavy atom. The zero-order valence-corrected chi connectivity index (χ0v) is 25.0. The van der Waals surface area contributed by atoms with Crippen molar-refractivity contribution in [2.45, 2.75) is 58.6 Å². The summed E-state index contributed by atoms with van der Waals surface area (Å²) in [5.74, 6) is -0.298. The van der Waals surface area contributed by atoms with Crippen LogP contribution in [0.15, 0.2) is 60.7 Å². The van der Waals surface area contributed by atoms with Crippen molar-refractivity contribution in [1.82, 2.24) is 10.2 Å². The number of benzene rings is 2. The topological polar surface area (TPSA) is 103 Å². The van der Waals surface area contributed by atoms with Crippen LogP contribution in [0, 0.1) is 0 Å². The van der Waals surface area contributed by atoms with Gasteiger partial charge in [-0.3, -0.25) is 9.36 Å². The molecule has 2 aromatic rings. The van der Waals surface area contributed by atoms with E-state index in [4.69, 9.17) is 18.5 Å². The number of nitrogens with zero attached hydrogens (tertiary/aromatic N) is 1. The number of carbonyl (C=O) groups is 2. The van der Waals surface area contributed by atoms with Crippen LogP contribution in [-0.4, -0.2) is 69.1 Å². The van der Waals surface area contributed by atoms with Gasteiger partial charge in [0.1, 0.15) is 12.6 Å². The third-order valence-corrected chi connectivity index (χ3v) is 8.34. The SMILES string of the molecule is CCOP(=O)(CCN(CCCCC(NCCCc1ccccc1)C(=O)OC)C(=O)OCc1ccccc1)OCC. The second-order valence-electron chi connectivity index (χ2n) is 9.31. The number of aryl methyl sites for hydroxylation is 1. The zero-order chi connectivity index (χ0) is 29.1. The van der Waals surface area contributed by atoms with Crippen molar-refractivity contribution in [3.05, 3.63) is 71.8 Å². The van der Waals surface area contributed by atoms with E-state index in [9.17, 15) is 14.2 Å². The van der Waals surface area contributed by atoms with E-state index in [-0.39, 0.29) is 38.5 Å². The van der Waals surface area contributed by atoms with Crippen molar-refractivity contribution in [3.63, 3.8) is 0 Å². The Kier molecular flexibility index (Phi) is 16.2. The Morgan fingerprint density at radius 2 is 1.50 bits per heavy atom. The molecule has 0 bridgehead atoms. The summed E-state index contributed by atoms with van der Waals surface area (Å²) in [7, 11) is -1.93. The molecular formula is C30H45N2O7P. The van der Waals surface area contributed by atoms with E-state index in [0.29, 0.717) is 32.4 Å². The summed E-state index contributed by atoms with van der Waals surface area (Å²) in [6.45, 7) is 5.40. The largest absolute Gasteiger partial charge is 0.468 e. The highest BCUT2D eigenvalue weighted by molar-refractivity contribution is 7.53. The first-order valence-corrected chi connectivity index (χ1v) is 15.8. The summed E-state index contributed by atoms with van der Waals surface area (Å²) in [5, 5.41) is 3.31. The molecule has 0 aliphatic heterocycles. The number of carbonyl (C=O) groups excluding carboxylic acids is 2. The first-order chi connectivity index (χ1) is 19.4. The highest BCUT2D eigenvalue weighted by atomic mass is 31.2. The van der Waals surface area contributed by atoms with Gasteiger partial charge in [-0.25, -0.2) is 4.79 Å². The lowest BCUT2D eigenvalue weighted by Crippen LogP contribution is -2.39. The second-order valence-corrected chi connectivity index (χ2v) is 11.5. The maximum absolute atomic E-state index is 13.0. The fourth-order valence-corrected chi connectivity index (χ4v) is 5.82. The minimum atomic E-state index is -3.32. The predicted molar refractivity (Wildman–Crippen MR) is 156 cm³/mol. The molecule has 0 aromatic heterocycles. The lowest BCUT2D eigenvalue weighted by atomic mass is 10.1. The van der Waals surface area contributed by atoms with Crippen molar-refractivity contribution in [2.24, 2.45) is 0 Å². The first kappa shape index (κ1) is 33.5. The van der Waals surface area contributed by atoms with E-state index >= 15 is 0 Å². The quantitative estimate of drug-likeness (QED) is 0.119. The van der Waals surface area contributed by atoms with Crippen LogP contribution in [-0.2, 0) is 40.9 Å². The van der Waals surface area contributed by atoms with Gasteiger partial charge in [-0.1, -0.05) is 60.7 Å². The second kappa shape index (κ2) is 19.4. The molecule has 0 aliphatic carbocycles. The predicted octanol–water partition coefficient (Wildman–Crippen LogP) is 5.83. The van der Waals surface area contributed by atoms with Crippen LogP contribution in [0.1, 0.15) is 50.7 Å². The normalized spacial score (nSPS) is 12.1. The lowest BCUT2D eigenvalue weighted by molar-refractivity contribution is -0.143. The van der Waals surface area contributed by atoms with Crippen molar-refractivity contribution in [3.8, 4) is 0 Å². The minimum absolute atomic E-state index is 0.0723. The molecular weight excluding hydrogens is 531 g/mol. The number of amides is 1. The molecule has 222 valence electrons. The molecule has 0 fully saturated rings. The van der Waals surface area contributed by atoms with Gasteiger partial charge in [0, 0.05) is 13.1 Å². The molecule has 40 heavy (non-hydrogen) atoms. The summed E-state index contributed by atoms with van der Waals surface area (Å²) in [6.07, 6.45) is 3.29. The molecule has 9 nitrogen and oxygen atoms in total. The van der Waals surface area contributed by atoms with Gasteiger partial charge in [0.25, 0.3) is 0 Å². The molecule has 2 aromatic carbocycles.